The number of halogens is 2. The Balaban J connectivity index is 0.000000749. The van der Waals surface area contributed by atoms with E-state index in [9.17, 15) is 0 Å². The Bertz CT molecular complexity index is 1940. The van der Waals surface area contributed by atoms with E-state index >= 15 is 0 Å². The molecule has 0 radical (unpaired) electrons. The summed E-state index contributed by atoms with van der Waals surface area (Å²) in [7, 11) is -2.80. The smallest absolute Gasteiger partial charge is 0.213 e. The standard InChI is InChI=1S/C39H31BrN3.ClHO4/c1-42-37(30-11-5-2-6-12-30)25-33(26-38(42)31-13-7-3-8-14-31)28-19-23-35(24-20-28)43-39(32-15-9-4-10-16-32)27-36(41-43)29-17-21-34(40)22-18-29;2-1(3,4)5/h2-26,39H,27H2,1H3;(H,2,3,4,5)/q+1;/p-1. The third-order valence-corrected chi connectivity index (χ3v) is 8.71. The second-order valence-electron chi connectivity index (χ2n) is 11.3. The van der Waals surface area contributed by atoms with Crippen LogP contribution in [-0.2, 0) is 7.05 Å². The number of nitrogens with zero attached hydrogens (tertiary/aromatic N) is 3. The van der Waals surface area contributed by atoms with Crippen LogP contribution in [0.1, 0.15) is 23.6 Å². The van der Waals surface area contributed by atoms with E-state index in [4.69, 9.17) is 23.7 Å². The SMILES string of the molecule is C[n+]1c(-c2ccccc2)cc(-c2ccc(N3N=C(c4ccc(Br)cc4)CC3c3ccccc3)cc2)cc1-c1ccccc1.[O-][Cl+3]([O-])([O-])[O-]. The van der Waals surface area contributed by atoms with Gasteiger partial charge in [-0.1, -0.05) is 107 Å². The fourth-order valence-corrected chi connectivity index (χ4v) is 6.17. The number of rotatable bonds is 6. The second kappa shape index (κ2) is 14.6. The molecule has 7 rings (SSSR count). The van der Waals surface area contributed by atoms with Crippen LogP contribution in [0.2, 0.25) is 0 Å². The van der Waals surface area contributed by atoms with Gasteiger partial charge >= 0.3 is 0 Å². The van der Waals surface area contributed by atoms with Gasteiger partial charge in [-0.2, -0.15) is 9.67 Å². The summed E-state index contributed by atoms with van der Waals surface area (Å²) in [4.78, 5) is 0. The Morgan fingerprint density at radius 1 is 0.604 bits per heavy atom. The fraction of sp³-hybridized carbons (Fsp3) is 0.0769. The molecule has 2 heterocycles. The zero-order valence-electron chi connectivity index (χ0n) is 25.9. The van der Waals surface area contributed by atoms with Gasteiger partial charge < -0.3 is 0 Å². The van der Waals surface area contributed by atoms with Crippen LogP contribution < -0.4 is 28.2 Å². The van der Waals surface area contributed by atoms with Crippen LogP contribution in [0.5, 0.6) is 0 Å². The number of benzene rings is 5. The minimum Gasteiger partial charge on any atom is -0.257 e. The largest absolute Gasteiger partial charge is 0.257 e. The quantitative estimate of drug-likeness (QED) is 0.228. The number of hydrogen-bond acceptors (Lipinski definition) is 6. The lowest BCUT2D eigenvalue weighted by atomic mass is 9.97. The van der Waals surface area contributed by atoms with Crippen LogP contribution in [0, 0.1) is 10.2 Å². The summed E-state index contributed by atoms with van der Waals surface area (Å²) in [6.45, 7) is 0. The molecule has 0 saturated carbocycles. The van der Waals surface area contributed by atoms with E-state index in [1.807, 2.05) is 0 Å². The van der Waals surface area contributed by atoms with E-state index in [-0.39, 0.29) is 6.04 Å². The summed E-state index contributed by atoms with van der Waals surface area (Å²) in [5, 5.41) is 7.36. The molecule has 0 N–H and O–H groups in total. The van der Waals surface area contributed by atoms with Crippen molar-refractivity contribution in [3.05, 3.63) is 167 Å². The predicted octanol–water partition coefficient (Wildman–Crippen LogP) is 4.87. The Labute approximate surface area is 290 Å². The fourth-order valence-electron chi connectivity index (χ4n) is 5.90. The highest BCUT2D eigenvalue weighted by Crippen LogP contribution is 2.38. The Morgan fingerprint density at radius 3 is 1.56 bits per heavy atom. The summed E-state index contributed by atoms with van der Waals surface area (Å²) in [6, 6.07) is 54.0. The van der Waals surface area contributed by atoms with Gasteiger partial charge in [0.1, 0.15) is 7.05 Å². The van der Waals surface area contributed by atoms with Gasteiger partial charge in [0, 0.05) is 34.2 Å². The molecule has 1 atom stereocenters. The first kappa shape index (κ1) is 33.2. The molecule has 0 amide bonds. The van der Waals surface area contributed by atoms with E-state index in [0.717, 1.165) is 27.9 Å². The average Bonchev–Trinajstić information content (AvgIpc) is 3.55. The van der Waals surface area contributed by atoms with Gasteiger partial charge in [-0.05, 0) is 70.8 Å². The lowest BCUT2D eigenvalue weighted by Crippen LogP contribution is -2.68. The minimum atomic E-state index is -4.94. The van der Waals surface area contributed by atoms with Crippen molar-refractivity contribution in [3.8, 4) is 33.6 Å². The van der Waals surface area contributed by atoms with Crippen molar-refractivity contribution in [2.24, 2.45) is 12.1 Å². The van der Waals surface area contributed by atoms with Gasteiger partial charge in [-0.25, -0.2) is 18.6 Å². The van der Waals surface area contributed by atoms with Gasteiger partial charge in [0.15, 0.2) is 0 Å². The van der Waals surface area contributed by atoms with E-state index in [1.54, 1.807) is 0 Å². The Hall–Kier alpha value is -4.67. The molecule has 240 valence electrons. The molecular formula is C39H31BrClN3O4. The molecule has 5 aromatic carbocycles. The molecule has 0 spiro atoms. The number of aromatic nitrogens is 1. The Kier molecular flexibility index (Phi) is 10.1. The summed E-state index contributed by atoms with van der Waals surface area (Å²) >= 11 is 3.56. The molecule has 1 aliphatic heterocycles. The van der Waals surface area contributed by atoms with E-state index < -0.39 is 10.2 Å². The van der Waals surface area contributed by atoms with Crippen molar-refractivity contribution < 1.29 is 33.4 Å². The van der Waals surface area contributed by atoms with Crippen molar-refractivity contribution in [1.29, 1.82) is 0 Å². The molecular weight excluding hydrogens is 690 g/mol. The van der Waals surface area contributed by atoms with Gasteiger partial charge in [0.25, 0.3) is 0 Å². The molecule has 7 nitrogen and oxygen atoms in total. The summed E-state index contributed by atoms with van der Waals surface area (Å²) in [5.74, 6) is 0. The van der Waals surface area contributed by atoms with Crippen molar-refractivity contribution in [2.45, 2.75) is 12.5 Å². The third-order valence-electron chi connectivity index (χ3n) is 8.18. The highest BCUT2D eigenvalue weighted by molar-refractivity contribution is 9.10. The first-order chi connectivity index (χ1) is 23.1. The number of hydrazone groups is 1. The lowest BCUT2D eigenvalue weighted by Gasteiger charge is -2.24. The average molecular weight is 721 g/mol. The number of hydrogen-bond donors (Lipinski definition) is 0. The highest BCUT2D eigenvalue weighted by Gasteiger charge is 2.30. The molecule has 0 bridgehead atoms. The predicted molar refractivity (Wildman–Crippen MR) is 181 cm³/mol. The van der Waals surface area contributed by atoms with Crippen molar-refractivity contribution in [2.75, 3.05) is 5.01 Å². The number of anilines is 1. The molecule has 0 saturated heterocycles. The normalized spacial score (nSPS) is 14.2. The molecule has 48 heavy (non-hydrogen) atoms. The lowest BCUT2D eigenvalue weighted by molar-refractivity contribution is -2.00. The van der Waals surface area contributed by atoms with Gasteiger partial charge in [-0.15, -0.1) is 10.2 Å². The topological polar surface area (TPSA) is 112 Å². The molecule has 1 unspecified atom stereocenters. The van der Waals surface area contributed by atoms with Gasteiger partial charge in [0.2, 0.25) is 11.4 Å². The first-order valence-corrected chi connectivity index (χ1v) is 17.2. The van der Waals surface area contributed by atoms with Crippen molar-refractivity contribution in [3.63, 3.8) is 0 Å². The number of pyridine rings is 1. The van der Waals surface area contributed by atoms with E-state index in [2.05, 4.69) is 184 Å². The van der Waals surface area contributed by atoms with Crippen LogP contribution in [0.4, 0.5) is 5.69 Å². The minimum absolute atomic E-state index is 0.135. The Morgan fingerprint density at radius 2 is 1.06 bits per heavy atom. The highest BCUT2D eigenvalue weighted by atomic mass is 79.9. The van der Waals surface area contributed by atoms with Crippen LogP contribution in [0.15, 0.2) is 161 Å². The van der Waals surface area contributed by atoms with Crippen LogP contribution in [0.3, 0.4) is 0 Å². The summed E-state index contributed by atoms with van der Waals surface area (Å²) in [6.07, 6.45) is 0.851. The van der Waals surface area contributed by atoms with Crippen molar-refractivity contribution in [1.82, 2.24) is 0 Å². The van der Waals surface area contributed by atoms with Crippen LogP contribution >= 0.6 is 15.9 Å². The third kappa shape index (κ3) is 8.06. The molecule has 0 fully saturated rings. The molecule has 6 aromatic rings. The zero-order chi connectivity index (χ0) is 33.7. The van der Waals surface area contributed by atoms with E-state index in [0.29, 0.717) is 0 Å². The maximum absolute atomic E-state index is 8.49. The summed E-state index contributed by atoms with van der Waals surface area (Å²) < 4.78 is 37.3. The maximum Gasteiger partial charge on any atom is 0.213 e. The van der Waals surface area contributed by atoms with Crippen LogP contribution in [-0.4, -0.2) is 5.71 Å². The van der Waals surface area contributed by atoms with Crippen LogP contribution in [0.25, 0.3) is 33.6 Å². The zero-order valence-corrected chi connectivity index (χ0v) is 28.3. The summed E-state index contributed by atoms with van der Waals surface area (Å²) in [5.41, 5.74) is 11.7. The monoisotopic (exact) mass is 719 g/mol. The second-order valence-corrected chi connectivity index (χ2v) is 12.9. The van der Waals surface area contributed by atoms with Gasteiger partial charge in [0.05, 0.1) is 17.4 Å². The van der Waals surface area contributed by atoms with Gasteiger partial charge in [-0.3, -0.25) is 5.01 Å². The molecule has 1 aliphatic rings. The van der Waals surface area contributed by atoms with Crippen molar-refractivity contribution >= 4 is 27.3 Å². The van der Waals surface area contributed by atoms with E-state index in [1.165, 1.54) is 39.2 Å². The maximum atomic E-state index is 8.49. The molecule has 9 heteroatoms. The molecule has 0 aliphatic carbocycles. The molecule has 1 aromatic heterocycles. The first-order valence-electron chi connectivity index (χ1n) is 15.2.